The van der Waals surface area contributed by atoms with E-state index in [1.807, 2.05) is 30.3 Å². The van der Waals surface area contributed by atoms with Crippen molar-refractivity contribution in [3.8, 4) is 0 Å². The third kappa shape index (κ3) is 2.38. The van der Waals surface area contributed by atoms with Crippen molar-refractivity contribution < 1.29 is 8.42 Å². The maximum absolute atomic E-state index is 12.7. The molecule has 1 aromatic heterocycles. The van der Waals surface area contributed by atoms with E-state index in [0.717, 1.165) is 10.9 Å². The van der Waals surface area contributed by atoms with Crippen LogP contribution < -0.4 is 0 Å². The standard InChI is InChI=1S/C17H15NO2S/c1-2-17(21(19,20)14-9-4-3-5-10-14)16-12-13-8-6-7-11-15(13)18-16/h2-12,17-18H,1H2. The fraction of sp³-hybridized carbons (Fsp3) is 0.0588. The number of H-pyrrole nitrogens is 1. The molecule has 0 fully saturated rings. The van der Waals surface area contributed by atoms with Crippen LogP contribution in [0.2, 0.25) is 0 Å². The Bertz CT molecular complexity index is 846. The summed E-state index contributed by atoms with van der Waals surface area (Å²) in [6, 6.07) is 18.0. The number of rotatable bonds is 4. The lowest BCUT2D eigenvalue weighted by Crippen LogP contribution is -2.11. The molecule has 0 aliphatic heterocycles. The zero-order valence-corrected chi connectivity index (χ0v) is 12.2. The van der Waals surface area contributed by atoms with Gasteiger partial charge in [-0.1, -0.05) is 42.5 Å². The average Bonchev–Trinajstić information content (AvgIpc) is 2.92. The molecule has 0 bridgehead atoms. The van der Waals surface area contributed by atoms with Crippen LogP contribution in [-0.4, -0.2) is 13.4 Å². The van der Waals surface area contributed by atoms with E-state index in [2.05, 4.69) is 11.6 Å². The third-order valence-electron chi connectivity index (χ3n) is 3.48. The molecular formula is C17H15NO2S. The first-order valence-corrected chi connectivity index (χ1v) is 8.17. The topological polar surface area (TPSA) is 49.9 Å². The Labute approximate surface area is 123 Å². The minimum Gasteiger partial charge on any atom is -0.357 e. The normalized spacial score (nSPS) is 13.1. The van der Waals surface area contributed by atoms with Crippen molar-refractivity contribution in [2.24, 2.45) is 0 Å². The maximum Gasteiger partial charge on any atom is 0.190 e. The Morgan fingerprint density at radius 1 is 1.00 bits per heavy atom. The highest BCUT2D eigenvalue weighted by molar-refractivity contribution is 7.91. The Kier molecular flexibility index (Phi) is 3.39. The van der Waals surface area contributed by atoms with E-state index in [0.29, 0.717) is 10.6 Å². The molecule has 1 heterocycles. The number of para-hydroxylation sites is 1. The van der Waals surface area contributed by atoms with Gasteiger partial charge in [0.15, 0.2) is 9.84 Å². The summed E-state index contributed by atoms with van der Waals surface area (Å²) in [7, 11) is -3.50. The Morgan fingerprint density at radius 2 is 1.67 bits per heavy atom. The maximum atomic E-state index is 12.7. The number of fused-ring (bicyclic) bond motifs is 1. The van der Waals surface area contributed by atoms with Crippen LogP contribution in [0.5, 0.6) is 0 Å². The molecule has 3 aromatic rings. The lowest BCUT2D eigenvalue weighted by Gasteiger charge is -2.12. The Balaban J connectivity index is 2.12. The molecule has 1 N–H and O–H groups in total. The van der Waals surface area contributed by atoms with E-state index in [1.165, 1.54) is 6.08 Å². The van der Waals surface area contributed by atoms with Crippen LogP contribution in [0, 0.1) is 0 Å². The predicted octanol–water partition coefficient (Wildman–Crippen LogP) is 3.87. The molecule has 3 rings (SSSR count). The van der Waals surface area contributed by atoms with Crippen LogP contribution in [-0.2, 0) is 9.84 Å². The third-order valence-corrected chi connectivity index (χ3v) is 5.52. The van der Waals surface area contributed by atoms with Gasteiger partial charge in [-0.15, -0.1) is 6.58 Å². The van der Waals surface area contributed by atoms with E-state index in [1.54, 1.807) is 30.3 Å². The zero-order valence-electron chi connectivity index (χ0n) is 11.4. The van der Waals surface area contributed by atoms with Gasteiger partial charge in [-0.25, -0.2) is 8.42 Å². The fourth-order valence-electron chi connectivity index (χ4n) is 2.43. The number of benzene rings is 2. The quantitative estimate of drug-likeness (QED) is 0.743. The highest BCUT2D eigenvalue weighted by Crippen LogP contribution is 2.31. The van der Waals surface area contributed by atoms with Crippen LogP contribution in [0.3, 0.4) is 0 Å². The summed E-state index contributed by atoms with van der Waals surface area (Å²) in [6.07, 6.45) is 1.47. The van der Waals surface area contributed by atoms with Crippen molar-refractivity contribution in [2.45, 2.75) is 10.1 Å². The lowest BCUT2D eigenvalue weighted by molar-refractivity contribution is 0.589. The number of sulfone groups is 1. The van der Waals surface area contributed by atoms with Gasteiger partial charge in [0.2, 0.25) is 0 Å². The van der Waals surface area contributed by atoms with E-state index >= 15 is 0 Å². The van der Waals surface area contributed by atoms with Gasteiger partial charge in [-0.2, -0.15) is 0 Å². The number of hydrogen-bond donors (Lipinski definition) is 1. The summed E-state index contributed by atoms with van der Waals surface area (Å²) < 4.78 is 25.5. The van der Waals surface area contributed by atoms with Crippen LogP contribution in [0.25, 0.3) is 10.9 Å². The molecule has 0 aliphatic rings. The van der Waals surface area contributed by atoms with Gasteiger partial charge in [0, 0.05) is 11.2 Å². The second-order valence-corrected chi connectivity index (χ2v) is 6.90. The fourth-order valence-corrected chi connectivity index (χ4v) is 3.97. The summed E-state index contributed by atoms with van der Waals surface area (Å²) in [6.45, 7) is 3.70. The van der Waals surface area contributed by atoms with Gasteiger partial charge in [0.1, 0.15) is 5.25 Å². The molecule has 0 aliphatic carbocycles. The average molecular weight is 297 g/mol. The van der Waals surface area contributed by atoms with E-state index in [-0.39, 0.29) is 0 Å². The summed E-state index contributed by atoms with van der Waals surface area (Å²) >= 11 is 0. The van der Waals surface area contributed by atoms with Crippen molar-refractivity contribution in [2.75, 3.05) is 0 Å². The molecule has 0 amide bonds. The van der Waals surface area contributed by atoms with Crippen LogP contribution >= 0.6 is 0 Å². The van der Waals surface area contributed by atoms with Gasteiger partial charge in [-0.3, -0.25) is 0 Å². The molecule has 0 radical (unpaired) electrons. The zero-order chi connectivity index (χ0) is 14.9. The number of nitrogens with one attached hydrogen (secondary N) is 1. The molecular weight excluding hydrogens is 282 g/mol. The molecule has 3 nitrogen and oxygen atoms in total. The number of aromatic nitrogens is 1. The van der Waals surface area contributed by atoms with E-state index < -0.39 is 15.1 Å². The van der Waals surface area contributed by atoms with E-state index in [9.17, 15) is 8.42 Å². The minimum atomic E-state index is -3.50. The van der Waals surface area contributed by atoms with Gasteiger partial charge in [-0.05, 0) is 29.7 Å². The summed E-state index contributed by atoms with van der Waals surface area (Å²) in [5, 5.41) is 0.204. The molecule has 106 valence electrons. The van der Waals surface area contributed by atoms with Crippen molar-refractivity contribution >= 4 is 20.7 Å². The lowest BCUT2D eigenvalue weighted by atomic mass is 10.2. The molecule has 2 aromatic carbocycles. The molecule has 1 unspecified atom stereocenters. The highest BCUT2D eigenvalue weighted by Gasteiger charge is 2.27. The van der Waals surface area contributed by atoms with Crippen molar-refractivity contribution in [3.05, 3.63) is 79.0 Å². The molecule has 1 atom stereocenters. The summed E-state index contributed by atoms with van der Waals surface area (Å²) in [5.41, 5.74) is 1.55. The first-order valence-electron chi connectivity index (χ1n) is 6.62. The van der Waals surface area contributed by atoms with Gasteiger partial charge in [0.25, 0.3) is 0 Å². The van der Waals surface area contributed by atoms with Crippen molar-refractivity contribution in [1.29, 1.82) is 0 Å². The van der Waals surface area contributed by atoms with Gasteiger partial charge < -0.3 is 4.98 Å². The van der Waals surface area contributed by atoms with Crippen molar-refractivity contribution in [1.82, 2.24) is 4.98 Å². The largest absolute Gasteiger partial charge is 0.357 e. The smallest absolute Gasteiger partial charge is 0.190 e. The molecule has 21 heavy (non-hydrogen) atoms. The first-order chi connectivity index (χ1) is 10.1. The monoisotopic (exact) mass is 297 g/mol. The SMILES string of the molecule is C=CC(c1cc2ccccc2[nH]1)S(=O)(=O)c1ccccc1. The van der Waals surface area contributed by atoms with Gasteiger partial charge >= 0.3 is 0 Å². The number of hydrogen-bond acceptors (Lipinski definition) is 2. The van der Waals surface area contributed by atoms with E-state index in [4.69, 9.17) is 0 Å². The first kappa shape index (κ1) is 13.6. The van der Waals surface area contributed by atoms with Crippen LogP contribution in [0.15, 0.2) is 78.2 Å². The number of aromatic amines is 1. The Hall–Kier alpha value is -2.33. The summed E-state index contributed by atoms with van der Waals surface area (Å²) in [4.78, 5) is 3.47. The summed E-state index contributed by atoms with van der Waals surface area (Å²) in [5.74, 6) is 0. The van der Waals surface area contributed by atoms with Crippen LogP contribution in [0.4, 0.5) is 0 Å². The predicted molar refractivity (Wildman–Crippen MR) is 84.9 cm³/mol. The van der Waals surface area contributed by atoms with Crippen LogP contribution in [0.1, 0.15) is 10.9 Å². The molecule has 4 heteroatoms. The molecule has 0 saturated carbocycles. The second kappa shape index (κ2) is 5.22. The highest BCUT2D eigenvalue weighted by atomic mass is 32.2. The minimum absolute atomic E-state index is 0.300. The van der Waals surface area contributed by atoms with Gasteiger partial charge in [0.05, 0.1) is 4.90 Å². The molecule has 0 saturated heterocycles. The molecule has 0 spiro atoms. The Morgan fingerprint density at radius 3 is 2.33 bits per heavy atom. The van der Waals surface area contributed by atoms with Crippen molar-refractivity contribution in [3.63, 3.8) is 0 Å². The second-order valence-electron chi connectivity index (χ2n) is 4.83.